The van der Waals surface area contributed by atoms with Crippen molar-refractivity contribution in [3.63, 3.8) is 0 Å². The van der Waals surface area contributed by atoms with Gasteiger partial charge in [-0.25, -0.2) is 4.39 Å². The van der Waals surface area contributed by atoms with E-state index in [-0.39, 0.29) is 11.6 Å². The summed E-state index contributed by atoms with van der Waals surface area (Å²) in [4.78, 5) is 0.460. The van der Waals surface area contributed by atoms with Crippen LogP contribution < -0.4 is 10.5 Å². The fraction of sp³-hybridized carbons (Fsp3) is 0.300. The lowest BCUT2D eigenvalue weighted by molar-refractivity contribution is 0.298. The van der Waals surface area contributed by atoms with E-state index in [1.54, 1.807) is 18.2 Å². The third-order valence-electron chi connectivity index (χ3n) is 1.66. The topological polar surface area (TPSA) is 35.2 Å². The van der Waals surface area contributed by atoms with E-state index in [9.17, 15) is 4.39 Å². The number of hydrogen-bond acceptors (Lipinski definition) is 2. The molecule has 0 aliphatic heterocycles. The maximum absolute atomic E-state index is 13.0. The van der Waals surface area contributed by atoms with Gasteiger partial charge in [0, 0.05) is 6.42 Å². The third kappa shape index (κ3) is 3.70. The Balaban J connectivity index is 2.31. The molecular formula is C10H12FNOS. The first kappa shape index (κ1) is 10.9. The summed E-state index contributed by atoms with van der Waals surface area (Å²) in [7, 11) is 0. The van der Waals surface area contributed by atoms with Crippen LogP contribution in [-0.4, -0.2) is 11.6 Å². The molecular weight excluding hydrogens is 201 g/mol. The molecule has 1 aromatic carbocycles. The van der Waals surface area contributed by atoms with E-state index in [1.165, 1.54) is 6.07 Å². The monoisotopic (exact) mass is 213 g/mol. The smallest absolute Gasteiger partial charge is 0.165 e. The number of nitrogens with two attached hydrogens (primary N) is 1. The van der Waals surface area contributed by atoms with Crippen molar-refractivity contribution in [3.05, 3.63) is 30.1 Å². The van der Waals surface area contributed by atoms with Crippen molar-refractivity contribution in [3.8, 4) is 5.75 Å². The first-order valence-electron chi connectivity index (χ1n) is 4.36. The van der Waals surface area contributed by atoms with Gasteiger partial charge < -0.3 is 10.5 Å². The summed E-state index contributed by atoms with van der Waals surface area (Å²) in [6, 6.07) is 6.31. The molecule has 4 heteroatoms. The lowest BCUT2D eigenvalue weighted by Crippen LogP contribution is -2.09. The second-order valence-electron chi connectivity index (χ2n) is 2.85. The van der Waals surface area contributed by atoms with Crippen molar-refractivity contribution in [2.24, 2.45) is 5.73 Å². The fourth-order valence-corrected chi connectivity index (χ4v) is 1.13. The molecule has 76 valence electrons. The van der Waals surface area contributed by atoms with E-state index in [1.807, 2.05) is 0 Å². The minimum Gasteiger partial charge on any atom is -0.491 e. The molecule has 0 spiro atoms. The molecule has 0 aromatic heterocycles. The maximum Gasteiger partial charge on any atom is 0.165 e. The average molecular weight is 213 g/mol. The summed E-state index contributed by atoms with van der Waals surface area (Å²) < 4.78 is 18.2. The predicted molar refractivity (Wildman–Crippen MR) is 57.9 cm³/mol. The molecule has 1 aromatic rings. The van der Waals surface area contributed by atoms with Gasteiger partial charge >= 0.3 is 0 Å². The largest absolute Gasteiger partial charge is 0.491 e. The first-order valence-corrected chi connectivity index (χ1v) is 4.76. The molecule has 2 nitrogen and oxygen atoms in total. The molecule has 0 unspecified atom stereocenters. The number of halogens is 1. The normalized spacial score (nSPS) is 9.79. The highest BCUT2D eigenvalue weighted by molar-refractivity contribution is 7.80. The molecule has 0 heterocycles. The Labute approximate surface area is 87.9 Å². The quantitative estimate of drug-likeness (QED) is 0.602. The summed E-state index contributed by atoms with van der Waals surface area (Å²) in [5, 5.41) is 0. The molecule has 0 aliphatic carbocycles. The standard InChI is InChI=1S/C10H12FNOS/c11-8-4-1-2-5-9(8)13-7-3-6-10(12)14/h1-2,4-5H,3,6-7H2,(H2,12,14). The Bertz CT molecular complexity index is 317. The lowest BCUT2D eigenvalue weighted by atomic mass is 10.3. The number of benzene rings is 1. The van der Waals surface area contributed by atoms with E-state index in [2.05, 4.69) is 0 Å². The minimum atomic E-state index is -0.345. The Morgan fingerprint density at radius 1 is 1.43 bits per heavy atom. The van der Waals surface area contributed by atoms with Crippen LogP contribution in [0.15, 0.2) is 24.3 Å². The molecule has 0 aliphatic rings. The highest BCUT2D eigenvalue weighted by atomic mass is 32.1. The van der Waals surface area contributed by atoms with Crippen LogP contribution in [0.25, 0.3) is 0 Å². The molecule has 0 saturated heterocycles. The fourth-order valence-electron chi connectivity index (χ4n) is 0.990. The van der Waals surface area contributed by atoms with Crippen molar-refractivity contribution in [2.75, 3.05) is 6.61 Å². The van der Waals surface area contributed by atoms with Gasteiger partial charge in [0.15, 0.2) is 11.6 Å². The van der Waals surface area contributed by atoms with Gasteiger partial charge in [0.1, 0.15) is 0 Å². The molecule has 0 atom stereocenters. The first-order chi connectivity index (χ1) is 6.70. The molecule has 0 saturated carbocycles. The van der Waals surface area contributed by atoms with Crippen LogP contribution in [0.3, 0.4) is 0 Å². The Kier molecular flexibility index (Phi) is 4.32. The van der Waals surface area contributed by atoms with Crippen LogP contribution in [0, 0.1) is 5.82 Å². The van der Waals surface area contributed by atoms with Crippen molar-refractivity contribution in [1.29, 1.82) is 0 Å². The zero-order valence-corrected chi connectivity index (χ0v) is 8.52. The van der Waals surface area contributed by atoms with Crippen molar-refractivity contribution in [1.82, 2.24) is 0 Å². The van der Waals surface area contributed by atoms with Crippen LogP contribution in [-0.2, 0) is 0 Å². The molecule has 0 radical (unpaired) electrons. The Hall–Kier alpha value is -1.16. The number of para-hydroxylation sites is 1. The summed E-state index contributed by atoms with van der Waals surface area (Å²) in [5.74, 6) is -0.0711. The van der Waals surface area contributed by atoms with Gasteiger partial charge in [-0.3, -0.25) is 0 Å². The van der Waals surface area contributed by atoms with Crippen LogP contribution in [0.5, 0.6) is 5.75 Å². The molecule has 0 bridgehead atoms. The van der Waals surface area contributed by atoms with E-state index >= 15 is 0 Å². The molecule has 0 fully saturated rings. The van der Waals surface area contributed by atoms with Gasteiger partial charge in [-0.1, -0.05) is 24.4 Å². The lowest BCUT2D eigenvalue weighted by Gasteiger charge is -2.05. The van der Waals surface area contributed by atoms with Gasteiger partial charge in [0.25, 0.3) is 0 Å². The minimum absolute atomic E-state index is 0.274. The van der Waals surface area contributed by atoms with Crippen LogP contribution >= 0.6 is 12.2 Å². The van der Waals surface area contributed by atoms with Crippen molar-refractivity contribution in [2.45, 2.75) is 12.8 Å². The summed E-state index contributed by atoms with van der Waals surface area (Å²) in [6.45, 7) is 0.429. The molecule has 14 heavy (non-hydrogen) atoms. The number of rotatable bonds is 5. The molecule has 0 amide bonds. The van der Waals surface area contributed by atoms with Gasteiger partial charge in [-0.2, -0.15) is 0 Å². The second-order valence-corrected chi connectivity index (χ2v) is 3.37. The van der Waals surface area contributed by atoms with E-state index in [4.69, 9.17) is 22.7 Å². The van der Waals surface area contributed by atoms with E-state index in [0.717, 1.165) is 0 Å². The van der Waals surface area contributed by atoms with Crippen LogP contribution in [0.4, 0.5) is 4.39 Å². The van der Waals surface area contributed by atoms with Gasteiger partial charge in [0.2, 0.25) is 0 Å². The van der Waals surface area contributed by atoms with Crippen molar-refractivity contribution >= 4 is 17.2 Å². The third-order valence-corrected chi connectivity index (χ3v) is 1.87. The number of ether oxygens (including phenoxy) is 1. The number of thiocarbonyl (C=S) groups is 1. The van der Waals surface area contributed by atoms with Gasteiger partial charge in [-0.05, 0) is 18.6 Å². The van der Waals surface area contributed by atoms with Crippen molar-refractivity contribution < 1.29 is 9.13 Å². The second kappa shape index (κ2) is 5.54. The Morgan fingerprint density at radius 3 is 2.79 bits per heavy atom. The highest BCUT2D eigenvalue weighted by Crippen LogP contribution is 2.15. The van der Waals surface area contributed by atoms with Gasteiger partial charge in [0.05, 0.1) is 11.6 Å². The van der Waals surface area contributed by atoms with E-state index in [0.29, 0.717) is 24.4 Å². The Morgan fingerprint density at radius 2 is 2.14 bits per heavy atom. The van der Waals surface area contributed by atoms with E-state index < -0.39 is 0 Å². The number of hydrogen-bond donors (Lipinski definition) is 1. The van der Waals surface area contributed by atoms with Crippen LogP contribution in [0.1, 0.15) is 12.8 Å². The predicted octanol–water partition coefficient (Wildman–Crippen LogP) is 2.27. The van der Waals surface area contributed by atoms with Crippen LogP contribution in [0.2, 0.25) is 0 Å². The molecule has 1 rings (SSSR count). The zero-order valence-electron chi connectivity index (χ0n) is 7.70. The zero-order chi connectivity index (χ0) is 10.4. The average Bonchev–Trinajstić information content (AvgIpc) is 2.15. The maximum atomic E-state index is 13.0. The SMILES string of the molecule is NC(=S)CCCOc1ccccc1F. The summed E-state index contributed by atoms with van der Waals surface area (Å²) in [5.41, 5.74) is 5.30. The summed E-state index contributed by atoms with van der Waals surface area (Å²) in [6.07, 6.45) is 1.34. The van der Waals surface area contributed by atoms with Gasteiger partial charge in [-0.15, -0.1) is 0 Å². The molecule has 2 N–H and O–H groups in total. The highest BCUT2D eigenvalue weighted by Gasteiger charge is 2.00. The summed E-state index contributed by atoms with van der Waals surface area (Å²) >= 11 is 4.70.